The van der Waals surface area contributed by atoms with Crippen LogP contribution in [0.2, 0.25) is 0 Å². The number of amides is 1. The summed E-state index contributed by atoms with van der Waals surface area (Å²) >= 11 is 0. The summed E-state index contributed by atoms with van der Waals surface area (Å²) in [6, 6.07) is 0. The van der Waals surface area contributed by atoms with Gasteiger partial charge in [0.05, 0.1) is 6.61 Å². The number of likely N-dealkylation sites (tertiary alicyclic amines) is 1. The topological polar surface area (TPSA) is 58.6 Å². The quantitative estimate of drug-likeness (QED) is 0.706. The van der Waals surface area contributed by atoms with Gasteiger partial charge in [-0.2, -0.15) is 0 Å². The van der Waals surface area contributed by atoms with Crippen molar-refractivity contribution in [2.24, 2.45) is 5.92 Å². The molecule has 1 N–H and O–H groups in total. The Morgan fingerprint density at radius 2 is 2.21 bits per heavy atom. The number of nitrogens with one attached hydrogen (secondary N) is 1. The van der Waals surface area contributed by atoms with Crippen LogP contribution >= 0.6 is 0 Å². The molecule has 1 fully saturated rings. The van der Waals surface area contributed by atoms with Gasteiger partial charge in [-0.25, -0.2) is 0 Å². The largest absolute Gasteiger partial charge is 0.466 e. The van der Waals surface area contributed by atoms with Gasteiger partial charge in [-0.05, 0) is 45.2 Å². The van der Waals surface area contributed by atoms with Gasteiger partial charge in [0, 0.05) is 26.4 Å². The van der Waals surface area contributed by atoms with E-state index in [2.05, 4.69) is 10.2 Å². The molecule has 1 unspecified atom stereocenters. The summed E-state index contributed by atoms with van der Waals surface area (Å²) in [6.45, 7) is 7.66. The van der Waals surface area contributed by atoms with Gasteiger partial charge < -0.3 is 15.0 Å². The van der Waals surface area contributed by atoms with Crippen molar-refractivity contribution in [3.05, 3.63) is 0 Å². The van der Waals surface area contributed by atoms with Crippen LogP contribution in [0.5, 0.6) is 0 Å². The minimum absolute atomic E-state index is 0.0411. The Bertz CT molecular complexity index is 294. The predicted octanol–water partition coefficient (Wildman–Crippen LogP) is 1.18. The fourth-order valence-corrected chi connectivity index (χ4v) is 2.49. The third kappa shape index (κ3) is 7.15. The molecule has 0 saturated carbocycles. The number of piperidine rings is 1. The first-order chi connectivity index (χ1) is 9.11. The zero-order chi connectivity index (χ0) is 14.1. The van der Waals surface area contributed by atoms with Crippen molar-refractivity contribution < 1.29 is 14.3 Å². The molecule has 0 radical (unpaired) electrons. The monoisotopic (exact) mass is 270 g/mol. The molecule has 0 aromatic carbocycles. The van der Waals surface area contributed by atoms with Gasteiger partial charge in [0.1, 0.15) is 0 Å². The summed E-state index contributed by atoms with van der Waals surface area (Å²) in [6.07, 6.45) is 3.70. The van der Waals surface area contributed by atoms with Crippen LogP contribution in [0.15, 0.2) is 0 Å². The highest BCUT2D eigenvalue weighted by Gasteiger charge is 2.19. The van der Waals surface area contributed by atoms with Crippen LogP contribution in [0.3, 0.4) is 0 Å². The lowest BCUT2D eigenvalue weighted by Crippen LogP contribution is -2.41. The first-order valence-electron chi connectivity index (χ1n) is 7.24. The van der Waals surface area contributed by atoms with E-state index in [4.69, 9.17) is 4.74 Å². The van der Waals surface area contributed by atoms with Crippen LogP contribution in [0, 0.1) is 5.92 Å². The lowest BCUT2D eigenvalue weighted by molar-refractivity contribution is -0.143. The van der Waals surface area contributed by atoms with E-state index in [-0.39, 0.29) is 11.9 Å². The smallest absolute Gasteiger partial charge is 0.305 e. The molecule has 1 amide bonds. The number of carbonyl (C=O) groups is 2. The van der Waals surface area contributed by atoms with Gasteiger partial charge in [0.2, 0.25) is 5.91 Å². The summed E-state index contributed by atoms with van der Waals surface area (Å²) < 4.78 is 4.91. The van der Waals surface area contributed by atoms with Crippen molar-refractivity contribution in [3.63, 3.8) is 0 Å². The Labute approximate surface area is 115 Å². The van der Waals surface area contributed by atoms with Crippen molar-refractivity contribution in [1.82, 2.24) is 10.2 Å². The molecular weight excluding hydrogens is 244 g/mol. The normalized spacial score (nSPS) is 20.0. The zero-order valence-corrected chi connectivity index (χ0v) is 12.1. The molecule has 1 saturated heterocycles. The molecular formula is C14H26N2O3. The number of hydrogen-bond acceptors (Lipinski definition) is 4. The maximum absolute atomic E-state index is 11.2. The van der Waals surface area contributed by atoms with Gasteiger partial charge in [0.15, 0.2) is 0 Å². The van der Waals surface area contributed by atoms with E-state index in [0.29, 0.717) is 18.9 Å². The Hall–Kier alpha value is -1.10. The highest BCUT2D eigenvalue weighted by atomic mass is 16.5. The van der Waals surface area contributed by atoms with Gasteiger partial charge in [0.25, 0.3) is 0 Å². The second-order valence-electron chi connectivity index (χ2n) is 5.15. The number of esters is 1. The molecule has 1 rings (SSSR count). The van der Waals surface area contributed by atoms with E-state index < -0.39 is 0 Å². The van der Waals surface area contributed by atoms with E-state index >= 15 is 0 Å². The number of hydrogen-bond donors (Lipinski definition) is 1. The Kier molecular flexibility index (Phi) is 7.48. The van der Waals surface area contributed by atoms with Crippen LogP contribution in [0.25, 0.3) is 0 Å². The molecule has 5 heteroatoms. The van der Waals surface area contributed by atoms with E-state index in [9.17, 15) is 9.59 Å². The number of nitrogens with zero attached hydrogens (tertiary/aromatic N) is 1. The highest BCUT2D eigenvalue weighted by molar-refractivity contribution is 5.72. The molecule has 1 heterocycles. The maximum Gasteiger partial charge on any atom is 0.305 e. The molecule has 0 bridgehead atoms. The van der Waals surface area contributed by atoms with E-state index in [1.807, 2.05) is 6.92 Å². The molecule has 1 atom stereocenters. The summed E-state index contributed by atoms with van der Waals surface area (Å²) in [5.41, 5.74) is 0. The maximum atomic E-state index is 11.2. The summed E-state index contributed by atoms with van der Waals surface area (Å²) in [4.78, 5) is 24.5. The second-order valence-corrected chi connectivity index (χ2v) is 5.15. The Balaban J connectivity index is 2.16. The SMILES string of the molecule is CCOC(=O)CCCN1CCCC(CNC(C)=O)C1. The molecule has 1 aliphatic rings. The number of carbonyl (C=O) groups excluding carboxylic acids is 2. The van der Waals surface area contributed by atoms with E-state index in [1.54, 1.807) is 6.92 Å². The molecule has 1 aliphatic heterocycles. The lowest BCUT2D eigenvalue weighted by atomic mass is 9.98. The van der Waals surface area contributed by atoms with Crippen molar-refractivity contribution >= 4 is 11.9 Å². The fraction of sp³-hybridized carbons (Fsp3) is 0.857. The standard InChI is InChI=1S/C14H26N2O3/c1-3-19-14(18)7-5-9-16-8-4-6-13(11-16)10-15-12(2)17/h13H,3-11H2,1-2H3,(H,15,17). The van der Waals surface area contributed by atoms with Gasteiger partial charge in [-0.15, -0.1) is 0 Å². The van der Waals surface area contributed by atoms with Crippen molar-refractivity contribution in [2.45, 2.75) is 39.5 Å². The third-order valence-electron chi connectivity index (χ3n) is 3.40. The lowest BCUT2D eigenvalue weighted by Gasteiger charge is -2.32. The van der Waals surface area contributed by atoms with E-state index in [1.165, 1.54) is 12.8 Å². The first kappa shape index (κ1) is 16.0. The number of rotatable bonds is 7. The summed E-state index contributed by atoms with van der Waals surface area (Å²) in [5.74, 6) is 0.481. The Morgan fingerprint density at radius 1 is 1.42 bits per heavy atom. The van der Waals surface area contributed by atoms with Crippen LogP contribution in [0.4, 0.5) is 0 Å². The van der Waals surface area contributed by atoms with Gasteiger partial charge in [-0.1, -0.05) is 0 Å². The average Bonchev–Trinajstić information content (AvgIpc) is 2.37. The molecule has 0 spiro atoms. The third-order valence-corrected chi connectivity index (χ3v) is 3.40. The fourth-order valence-electron chi connectivity index (χ4n) is 2.49. The number of ether oxygens (including phenoxy) is 1. The van der Waals surface area contributed by atoms with Crippen LogP contribution in [0.1, 0.15) is 39.5 Å². The van der Waals surface area contributed by atoms with Crippen molar-refractivity contribution in [3.8, 4) is 0 Å². The van der Waals surface area contributed by atoms with Crippen LogP contribution in [-0.2, 0) is 14.3 Å². The summed E-state index contributed by atoms with van der Waals surface area (Å²) in [7, 11) is 0. The summed E-state index contributed by atoms with van der Waals surface area (Å²) in [5, 5.41) is 2.89. The molecule has 5 nitrogen and oxygen atoms in total. The van der Waals surface area contributed by atoms with E-state index in [0.717, 1.165) is 32.6 Å². The molecule has 0 aliphatic carbocycles. The molecule has 19 heavy (non-hydrogen) atoms. The predicted molar refractivity (Wildman–Crippen MR) is 73.7 cm³/mol. The van der Waals surface area contributed by atoms with Gasteiger partial charge in [-0.3, -0.25) is 9.59 Å². The average molecular weight is 270 g/mol. The van der Waals surface area contributed by atoms with Crippen molar-refractivity contribution in [1.29, 1.82) is 0 Å². The second kappa shape index (κ2) is 8.91. The first-order valence-corrected chi connectivity index (χ1v) is 7.24. The van der Waals surface area contributed by atoms with Crippen LogP contribution in [-0.4, -0.2) is 49.6 Å². The zero-order valence-electron chi connectivity index (χ0n) is 12.1. The highest BCUT2D eigenvalue weighted by Crippen LogP contribution is 2.16. The molecule has 0 aromatic rings. The van der Waals surface area contributed by atoms with Crippen molar-refractivity contribution in [2.75, 3.05) is 32.8 Å². The Morgan fingerprint density at radius 3 is 2.89 bits per heavy atom. The molecule has 110 valence electrons. The molecule has 0 aromatic heterocycles. The minimum atomic E-state index is -0.102. The van der Waals surface area contributed by atoms with Crippen LogP contribution < -0.4 is 5.32 Å². The van der Waals surface area contributed by atoms with Gasteiger partial charge >= 0.3 is 5.97 Å². The minimum Gasteiger partial charge on any atom is -0.466 e.